The molecule has 1 N–H and O–H groups in total. The predicted octanol–water partition coefficient (Wildman–Crippen LogP) is 2.02. The Kier molecular flexibility index (Phi) is 3.89. The van der Waals surface area contributed by atoms with Crippen molar-refractivity contribution < 1.29 is 14.7 Å². The van der Waals surface area contributed by atoms with Gasteiger partial charge in [-0.1, -0.05) is 0 Å². The summed E-state index contributed by atoms with van der Waals surface area (Å²) in [7, 11) is 1.49. The van der Waals surface area contributed by atoms with Crippen molar-refractivity contribution in [3.63, 3.8) is 0 Å². The Balaban J connectivity index is 2.18. The average Bonchev–Trinajstić information content (AvgIpc) is 2.99. The number of likely N-dealkylation sites (N-methyl/N-ethyl adjacent to an activating group) is 1. The van der Waals surface area contributed by atoms with Gasteiger partial charge in [0.25, 0.3) is 5.91 Å². The molecule has 0 spiro atoms. The second-order valence-corrected chi connectivity index (χ2v) is 4.57. The Hall–Kier alpha value is -2.56. The Labute approximate surface area is 117 Å². The van der Waals surface area contributed by atoms with Gasteiger partial charge >= 0.3 is 5.97 Å². The summed E-state index contributed by atoms with van der Waals surface area (Å²) >= 11 is 0. The molecular weight excluding hydrogens is 256 g/mol. The zero-order valence-corrected chi connectivity index (χ0v) is 11.4. The summed E-state index contributed by atoms with van der Waals surface area (Å²) < 4.78 is 1.93. The molecule has 0 aliphatic heterocycles. The summed E-state index contributed by atoms with van der Waals surface area (Å²) in [5, 5.41) is 8.92. The van der Waals surface area contributed by atoms with Crippen molar-refractivity contribution in [1.82, 2.24) is 9.47 Å². The maximum Gasteiger partial charge on any atom is 0.326 e. The molecule has 104 valence electrons. The molecule has 0 saturated carbocycles. The van der Waals surface area contributed by atoms with Gasteiger partial charge < -0.3 is 14.6 Å². The summed E-state index contributed by atoms with van der Waals surface area (Å²) in [6.07, 6.45) is 3.82. The minimum absolute atomic E-state index is 0.307. The molecule has 0 fully saturated rings. The number of hydrogen-bond acceptors (Lipinski definition) is 2. The van der Waals surface area contributed by atoms with Gasteiger partial charge in [0, 0.05) is 30.7 Å². The Morgan fingerprint density at radius 3 is 2.20 bits per heavy atom. The van der Waals surface area contributed by atoms with E-state index >= 15 is 0 Å². The van der Waals surface area contributed by atoms with Crippen molar-refractivity contribution in [1.29, 1.82) is 0 Å². The number of nitrogens with zero attached hydrogens (tertiary/aromatic N) is 2. The van der Waals surface area contributed by atoms with Gasteiger partial charge in [0.05, 0.1) is 0 Å². The fourth-order valence-electron chi connectivity index (χ4n) is 1.83. The minimum atomic E-state index is -1.02. The van der Waals surface area contributed by atoms with E-state index < -0.39 is 12.0 Å². The fourth-order valence-corrected chi connectivity index (χ4v) is 1.83. The largest absolute Gasteiger partial charge is 0.480 e. The lowest BCUT2D eigenvalue weighted by molar-refractivity contribution is -0.141. The smallest absolute Gasteiger partial charge is 0.326 e. The van der Waals surface area contributed by atoms with Gasteiger partial charge in [-0.3, -0.25) is 4.79 Å². The van der Waals surface area contributed by atoms with Crippen molar-refractivity contribution >= 4 is 11.9 Å². The Morgan fingerprint density at radius 2 is 1.70 bits per heavy atom. The molecule has 1 heterocycles. The lowest BCUT2D eigenvalue weighted by Gasteiger charge is -2.21. The van der Waals surface area contributed by atoms with Gasteiger partial charge in [-0.25, -0.2) is 4.79 Å². The van der Waals surface area contributed by atoms with Gasteiger partial charge in [0.1, 0.15) is 6.04 Å². The van der Waals surface area contributed by atoms with Crippen molar-refractivity contribution in [2.45, 2.75) is 13.0 Å². The number of amides is 1. The molecule has 2 rings (SSSR count). The zero-order valence-electron chi connectivity index (χ0n) is 11.4. The van der Waals surface area contributed by atoms with Gasteiger partial charge in [0.2, 0.25) is 0 Å². The van der Waals surface area contributed by atoms with Gasteiger partial charge in [-0.2, -0.15) is 0 Å². The predicted molar refractivity (Wildman–Crippen MR) is 75.0 cm³/mol. The molecule has 0 saturated heterocycles. The van der Waals surface area contributed by atoms with Crippen LogP contribution in [0.25, 0.3) is 5.69 Å². The molecule has 2 aromatic rings. The molecule has 1 atom stereocenters. The summed E-state index contributed by atoms with van der Waals surface area (Å²) in [6.45, 7) is 1.48. The molecule has 1 aromatic heterocycles. The summed E-state index contributed by atoms with van der Waals surface area (Å²) in [4.78, 5) is 24.2. The number of rotatable bonds is 4. The second kappa shape index (κ2) is 5.61. The minimum Gasteiger partial charge on any atom is -0.480 e. The van der Waals surface area contributed by atoms with Crippen LogP contribution in [0, 0.1) is 0 Å². The molecule has 1 aromatic carbocycles. The normalized spacial score (nSPS) is 11.9. The first-order valence-electron chi connectivity index (χ1n) is 6.24. The molecule has 0 aliphatic carbocycles. The first-order chi connectivity index (χ1) is 9.50. The molecule has 5 heteroatoms. The van der Waals surface area contributed by atoms with Crippen LogP contribution in [0.5, 0.6) is 0 Å². The number of carbonyl (C=O) groups excluding carboxylic acids is 1. The third kappa shape index (κ3) is 2.71. The number of carboxylic acids is 1. The Bertz CT molecular complexity index is 603. The van der Waals surface area contributed by atoms with Crippen molar-refractivity contribution in [3.05, 3.63) is 54.4 Å². The first kappa shape index (κ1) is 13.9. The van der Waals surface area contributed by atoms with Gasteiger partial charge in [-0.05, 0) is 43.3 Å². The molecule has 0 bridgehead atoms. The van der Waals surface area contributed by atoms with Crippen LogP contribution in [0.3, 0.4) is 0 Å². The van der Waals surface area contributed by atoms with E-state index in [9.17, 15) is 9.59 Å². The molecule has 1 unspecified atom stereocenters. The Morgan fingerprint density at radius 1 is 1.15 bits per heavy atom. The first-order valence-corrected chi connectivity index (χ1v) is 6.24. The van der Waals surface area contributed by atoms with E-state index in [2.05, 4.69) is 0 Å². The molecule has 5 nitrogen and oxygen atoms in total. The summed E-state index contributed by atoms with van der Waals surface area (Å²) in [5.41, 5.74) is 1.41. The van der Waals surface area contributed by atoms with Gasteiger partial charge in [0.15, 0.2) is 0 Å². The number of aliphatic carboxylic acids is 1. The molecule has 0 aliphatic rings. The molecular formula is C15H16N2O3. The number of carbonyl (C=O) groups is 2. The maximum absolute atomic E-state index is 12.1. The van der Waals surface area contributed by atoms with Crippen molar-refractivity contribution in [2.24, 2.45) is 0 Å². The van der Waals surface area contributed by atoms with Crippen LogP contribution in [-0.2, 0) is 4.79 Å². The lowest BCUT2D eigenvalue weighted by Crippen LogP contribution is -2.40. The average molecular weight is 272 g/mol. The van der Waals surface area contributed by atoms with Crippen molar-refractivity contribution in [2.75, 3.05) is 7.05 Å². The van der Waals surface area contributed by atoms with Gasteiger partial charge in [-0.15, -0.1) is 0 Å². The molecule has 1 amide bonds. The highest BCUT2D eigenvalue weighted by Gasteiger charge is 2.22. The molecule has 20 heavy (non-hydrogen) atoms. The number of carboxylic acid groups (broad SMARTS) is 1. The fraction of sp³-hybridized carbons (Fsp3) is 0.200. The highest BCUT2D eigenvalue weighted by Crippen LogP contribution is 2.12. The number of hydrogen-bond donors (Lipinski definition) is 1. The molecule has 0 radical (unpaired) electrons. The van der Waals surface area contributed by atoms with Crippen LogP contribution >= 0.6 is 0 Å². The van der Waals surface area contributed by atoms with Crippen LogP contribution < -0.4 is 0 Å². The van der Waals surface area contributed by atoms with E-state index in [4.69, 9.17) is 5.11 Å². The van der Waals surface area contributed by atoms with E-state index in [1.165, 1.54) is 18.9 Å². The topological polar surface area (TPSA) is 62.5 Å². The zero-order chi connectivity index (χ0) is 14.7. The highest BCUT2D eigenvalue weighted by atomic mass is 16.4. The van der Waals surface area contributed by atoms with Crippen LogP contribution in [0.15, 0.2) is 48.8 Å². The van der Waals surface area contributed by atoms with Crippen LogP contribution in [0.2, 0.25) is 0 Å². The van der Waals surface area contributed by atoms with E-state index in [0.29, 0.717) is 5.56 Å². The third-order valence-electron chi connectivity index (χ3n) is 3.28. The number of benzene rings is 1. The van der Waals surface area contributed by atoms with Crippen LogP contribution in [0.4, 0.5) is 0 Å². The monoisotopic (exact) mass is 272 g/mol. The number of aromatic nitrogens is 1. The third-order valence-corrected chi connectivity index (χ3v) is 3.28. The maximum atomic E-state index is 12.1. The standard InChI is InChI=1S/C15H16N2O3/c1-11(15(19)20)16(2)14(18)12-5-7-13(8-6-12)17-9-3-4-10-17/h3-11H,1-2H3,(H,19,20). The van der Waals surface area contributed by atoms with E-state index in [-0.39, 0.29) is 5.91 Å². The second-order valence-electron chi connectivity index (χ2n) is 4.57. The van der Waals surface area contributed by atoms with Crippen LogP contribution in [0.1, 0.15) is 17.3 Å². The SMILES string of the molecule is CC(C(=O)O)N(C)C(=O)c1ccc(-n2cccc2)cc1. The van der Waals surface area contributed by atoms with E-state index in [0.717, 1.165) is 5.69 Å². The van der Waals surface area contributed by atoms with E-state index in [1.807, 2.05) is 41.2 Å². The summed E-state index contributed by atoms with van der Waals surface area (Å²) in [5.74, 6) is -1.33. The van der Waals surface area contributed by atoms with Crippen LogP contribution in [-0.4, -0.2) is 39.5 Å². The summed E-state index contributed by atoms with van der Waals surface area (Å²) in [6, 6.07) is 10.0. The quantitative estimate of drug-likeness (QED) is 0.926. The highest BCUT2D eigenvalue weighted by molar-refractivity contribution is 5.96. The van der Waals surface area contributed by atoms with E-state index in [1.54, 1.807) is 12.1 Å². The lowest BCUT2D eigenvalue weighted by atomic mass is 10.1. The van der Waals surface area contributed by atoms with Crippen molar-refractivity contribution in [3.8, 4) is 5.69 Å².